The topological polar surface area (TPSA) is 105 Å². The van der Waals surface area contributed by atoms with Crippen molar-refractivity contribution in [3.8, 4) is 6.01 Å². The molecule has 1 aromatic heterocycles. The maximum Gasteiger partial charge on any atom is 0.315 e. The number of aromatic nitrogens is 3. The Bertz CT molecular complexity index is 396. The van der Waals surface area contributed by atoms with Gasteiger partial charge in [0, 0.05) is 7.05 Å². The number of hydrogen-bond donors (Lipinski definition) is 2. The van der Waals surface area contributed by atoms with Gasteiger partial charge < -0.3 is 10.2 Å². The number of aliphatic hydroxyl groups is 1. The van der Waals surface area contributed by atoms with E-state index in [0.717, 1.165) is 4.57 Å². The van der Waals surface area contributed by atoms with Crippen LogP contribution in [0.5, 0.6) is 6.01 Å². The Morgan fingerprint density at radius 2 is 2.08 bits per heavy atom. The average molecular weight is 207 g/mol. The van der Waals surface area contributed by atoms with Crippen LogP contribution >= 0.6 is 0 Å². The van der Waals surface area contributed by atoms with Crippen LogP contribution in [0, 0.1) is 0 Å². The Balaban J connectivity index is 3.15. The minimum absolute atomic E-state index is 0.348. The lowest BCUT2D eigenvalue weighted by Crippen LogP contribution is -2.14. The third-order valence-corrected chi connectivity index (χ3v) is 3.08. The third-order valence-electron chi connectivity index (χ3n) is 1.45. The lowest BCUT2D eigenvalue weighted by Gasteiger charge is -1.99. The second-order valence-corrected chi connectivity index (χ2v) is 4.39. The summed E-state index contributed by atoms with van der Waals surface area (Å²) in [6.07, 6.45) is 0. The highest BCUT2D eigenvalue weighted by atomic mass is 32.2. The molecule has 0 fully saturated rings. The van der Waals surface area contributed by atoms with E-state index in [1.165, 1.54) is 7.05 Å². The summed E-state index contributed by atoms with van der Waals surface area (Å²) in [7, 11) is -2.32. The molecule has 0 radical (unpaired) electrons. The first kappa shape index (κ1) is 9.93. The second-order valence-electron chi connectivity index (χ2n) is 2.38. The van der Waals surface area contributed by atoms with Crippen molar-refractivity contribution in [1.82, 2.24) is 14.8 Å². The molecule has 0 atom stereocenters. The molecule has 74 valence electrons. The maximum absolute atomic E-state index is 11.3. The molecule has 7 nitrogen and oxygen atoms in total. The predicted molar refractivity (Wildman–Crippen MR) is 41.8 cm³/mol. The molecule has 0 saturated carbocycles. The fourth-order valence-electron chi connectivity index (χ4n) is 0.789. The Labute approximate surface area is 74.6 Å². The van der Waals surface area contributed by atoms with Gasteiger partial charge in [0.05, 0.1) is 12.4 Å². The summed E-state index contributed by atoms with van der Waals surface area (Å²) in [6, 6.07) is -0.475. The van der Waals surface area contributed by atoms with Crippen molar-refractivity contribution in [3.05, 3.63) is 0 Å². The van der Waals surface area contributed by atoms with Crippen molar-refractivity contribution >= 4 is 9.84 Å². The minimum Gasteiger partial charge on any atom is -0.479 e. The number of nitrogens with zero attached hydrogens (tertiary/aromatic N) is 3. The summed E-state index contributed by atoms with van der Waals surface area (Å²) >= 11 is 0. The van der Waals surface area contributed by atoms with Crippen LogP contribution in [-0.2, 0) is 16.9 Å². The second kappa shape index (κ2) is 3.30. The zero-order valence-electron chi connectivity index (χ0n) is 6.88. The van der Waals surface area contributed by atoms with Crippen LogP contribution in [0.2, 0.25) is 0 Å². The SMILES string of the molecule is Cn1c(O)nnc1S(=O)(=O)CCO. The van der Waals surface area contributed by atoms with Crippen LogP contribution in [-0.4, -0.2) is 45.8 Å². The molecule has 13 heavy (non-hydrogen) atoms. The highest BCUT2D eigenvalue weighted by molar-refractivity contribution is 7.91. The van der Waals surface area contributed by atoms with Gasteiger partial charge in [-0.25, -0.2) is 8.42 Å². The Hall–Kier alpha value is -1.15. The van der Waals surface area contributed by atoms with E-state index in [1.54, 1.807) is 0 Å². The van der Waals surface area contributed by atoms with Crippen molar-refractivity contribution in [2.24, 2.45) is 7.05 Å². The maximum atomic E-state index is 11.3. The first-order valence-electron chi connectivity index (χ1n) is 3.41. The van der Waals surface area contributed by atoms with Gasteiger partial charge in [-0.2, -0.15) is 0 Å². The van der Waals surface area contributed by atoms with Gasteiger partial charge in [0.1, 0.15) is 0 Å². The molecule has 2 N–H and O–H groups in total. The van der Waals surface area contributed by atoms with E-state index >= 15 is 0 Å². The van der Waals surface area contributed by atoms with Gasteiger partial charge >= 0.3 is 6.01 Å². The van der Waals surface area contributed by atoms with Gasteiger partial charge in [0.2, 0.25) is 9.84 Å². The number of hydrogen-bond acceptors (Lipinski definition) is 6. The van der Waals surface area contributed by atoms with Gasteiger partial charge in [0.15, 0.2) is 0 Å². The number of rotatable bonds is 3. The summed E-state index contributed by atoms with van der Waals surface area (Å²) in [6.45, 7) is -0.490. The summed E-state index contributed by atoms with van der Waals surface area (Å²) in [5, 5.41) is 23.5. The number of sulfone groups is 1. The van der Waals surface area contributed by atoms with E-state index in [-0.39, 0.29) is 5.16 Å². The van der Waals surface area contributed by atoms with E-state index in [0.29, 0.717) is 0 Å². The van der Waals surface area contributed by atoms with Crippen LogP contribution in [0.3, 0.4) is 0 Å². The number of aromatic hydroxyl groups is 1. The van der Waals surface area contributed by atoms with Crippen LogP contribution in [0.25, 0.3) is 0 Å². The van der Waals surface area contributed by atoms with Crippen molar-refractivity contribution in [3.63, 3.8) is 0 Å². The third kappa shape index (κ3) is 1.78. The summed E-state index contributed by atoms with van der Waals surface area (Å²) in [4.78, 5) is 0. The molecule has 1 rings (SSSR count). The smallest absolute Gasteiger partial charge is 0.315 e. The van der Waals surface area contributed by atoms with Crippen molar-refractivity contribution in [2.75, 3.05) is 12.4 Å². The fraction of sp³-hybridized carbons (Fsp3) is 0.600. The van der Waals surface area contributed by atoms with E-state index in [9.17, 15) is 8.42 Å². The quantitative estimate of drug-likeness (QED) is 0.611. The molecule has 0 aliphatic carbocycles. The molecule has 1 aromatic rings. The molecule has 0 aliphatic heterocycles. The molecular weight excluding hydrogens is 198 g/mol. The Morgan fingerprint density at radius 3 is 2.46 bits per heavy atom. The van der Waals surface area contributed by atoms with Gasteiger partial charge in [-0.3, -0.25) is 4.57 Å². The van der Waals surface area contributed by atoms with Gasteiger partial charge in [-0.05, 0) is 0 Å². The predicted octanol–water partition coefficient (Wildman–Crippen LogP) is -1.71. The molecule has 0 spiro atoms. The van der Waals surface area contributed by atoms with Crippen molar-refractivity contribution in [2.45, 2.75) is 5.16 Å². The standard InChI is InChI=1S/C5H9N3O4S/c1-8-4(10)6-7-5(8)13(11,12)3-2-9/h9H,2-3H2,1H3,(H,6,10). The molecule has 0 unspecified atom stereocenters. The van der Waals surface area contributed by atoms with E-state index in [2.05, 4.69) is 10.2 Å². The van der Waals surface area contributed by atoms with Gasteiger partial charge in [-0.15, -0.1) is 5.10 Å². The zero-order valence-corrected chi connectivity index (χ0v) is 7.69. The van der Waals surface area contributed by atoms with Crippen molar-refractivity contribution < 1.29 is 18.6 Å². The fourth-order valence-corrected chi connectivity index (χ4v) is 1.88. The summed E-state index contributed by atoms with van der Waals surface area (Å²) in [5.74, 6) is -0.432. The average Bonchev–Trinajstić information content (AvgIpc) is 2.33. The van der Waals surface area contributed by atoms with E-state index in [1.807, 2.05) is 0 Å². The summed E-state index contributed by atoms with van der Waals surface area (Å²) in [5.41, 5.74) is 0. The largest absolute Gasteiger partial charge is 0.479 e. The van der Waals surface area contributed by atoms with Crippen LogP contribution in [0.4, 0.5) is 0 Å². The molecular formula is C5H9N3O4S. The number of aliphatic hydroxyl groups excluding tert-OH is 1. The molecule has 0 bridgehead atoms. The molecule has 0 saturated heterocycles. The van der Waals surface area contributed by atoms with E-state index < -0.39 is 28.2 Å². The lowest BCUT2D eigenvalue weighted by atomic mass is 10.9. The van der Waals surface area contributed by atoms with Gasteiger partial charge in [-0.1, -0.05) is 5.10 Å². The van der Waals surface area contributed by atoms with Crippen LogP contribution in [0.1, 0.15) is 0 Å². The van der Waals surface area contributed by atoms with E-state index in [4.69, 9.17) is 10.2 Å². The zero-order chi connectivity index (χ0) is 10.1. The highest BCUT2D eigenvalue weighted by Gasteiger charge is 2.21. The first-order valence-corrected chi connectivity index (χ1v) is 5.06. The molecule has 0 aromatic carbocycles. The van der Waals surface area contributed by atoms with Crippen molar-refractivity contribution in [1.29, 1.82) is 0 Å². The summed E-state index contributed by atoms with van der Waals surface area (Å²) < 4.78 is 23.5. The molecule has 0 aliphatic rings. The minimum atomic E-state index is -3.64. The molecule has 1 heterocycles. The molecule has 8 heteroatoms. The Morgan fingerprint density at radius 1 is 1.46 bits per heavy atom. The van der Waals surface area contributed by atoms with Gasteiger partial charge in [0.25, 0.3) is 5.16 Å². The van der Waals surface area contributed by atoms with Crippen LogP contribution < -0.4 is 0 Å². The lowest BCUT2D eigenvalue weighted by molar-refractivity contribution is 0.319. The Kier molecular flexibility index (Phi) is 2.52. The normalized spacial score (nSPS) is 11.8. The van der Waals surface area contributed by atoms with Crippen LogP contribution in [0.15, 0.2) is 5.16 Å². The highest BCUT2D eigenvalue weighted by Crippen LogP contribution is 2.11. The molecule has 0 amide bonds. The first-order chi connectivity index (χ1) is 5.99. The monoisotopic (exact) mass is 207 g/mol.